The van der Waals surface area contributed by atoms with E-state index in [9.17, 15) is 4.79 Å². The van der Waals surface area contributed by atoms with E-state index in [1.165, 1.54) is 0 Å². The Labute approximate surface area is 99.8 Å². The summed E-state index contributed by atoms with van der Waals surface area (Å²) in [5.41, 5.74) is 1.67. The summed E-state index contributed by atoms with van der Waals surface area (Å²) in [5.74, 6) is 1.02. The first-order valence-electron chi connectivity index (χ1n) is 5.58. The fourth-order valence-electron chi connectivity index (χ4n) is 1.70. The molecule has 0 atom stereocenters. The van der Waals surface area contributed by atoms with Crippen LogP contribution in [0.2, 0.25) is 0 Å². The molecule has 0 saturated carbocycles. The van der Waals surface area contributed by atoms with Crippen molar-refractivity contribution < 1.29 is 4.74 Å². The third-order valence-corrected chi connectivity index (χ3v) is 2.72. The number of H-pyrrole nitrogens is 1. The largest absolute Gasteiger partial charge is 0.497 e. The van der Waals surface area contributed by atoms with Gasteiger partial charge in [-0.1, -0.05) is 13.8 Å². The zero-order valence-electron chi connectivity index (χ0n) is 10.2. The van der Waals surface area contributed by atoms with Crippen LogP contribution in [0.5, 0.6) is 5.75 Å². The summed E-state index contributed by atoms with van der Waals surface area (Å²) < 4.78 is 6.82. The lowest BCUT2D eigenvalue weighted by Gasteiger charge is -2.04. The van der Waals surface area contributed by atoms with Crippen LogP contribution in [0.4, 0.5) is 0 Å². The average molecular weight is 232 g/mol. The van der Waals surface area contributed by atoms with Crippen molar-refractivity contribution in [2.45, 2.75) is 19.8 Å². The highest BCUT2D eigenvalue weighted by Crippen LogP contribution is 2.15. The number of nitrogens with one attached hydrogen (secondary N) is 1. The van der Waals surface area contributed by atoms with E-state index < -0.39 is 0 Å². The predicted octanol–water partition coefficient (Wildman–Crippen LogP) is 2.30. The number of hydrogen-bond acceptors (Lipinski definition) is 2. The maximum atomic E-state index is 11.7. The highest BCUT2D eigenvalue weighted by molar-refractivity contribution is 5.37. The molecule has 0 aliphatic rings. The molecule has 0 spiro atoms. The second kappa shape index (κ2) is 4.49. The van der Waals surface area contributed by atoms with E-state index in [4.69, 9.17) is 4.74 Å². The van der Waals surface area contributed by atoms with E-state index in [0.717, 1.165) is 17.0 Å². The number of aromatic amines is 1. The number of rotatable bonds is 3. The third-order valence-electron chi connectivity index (χ3n) is 2.72. The van der Waals surface area contributed by atoms with E-state index in [0.29, 0.717) is 0 Å². The molecular formula is C13H16N2O2. The van der Waals surface area contributed by atoms with Crippen molar-refractivity contribution in [3.05, 3.63) is 46.4 Å². The molecule has 1 aromatic heterocycles. The number of hydrogen-bond donors (Lipinski definition) is 1. The first kappa shape index (κ1) is 11.5. The van der Waals surface area contributed by atoms with E-state index >= 15 is 0 Å². The molecule has 4 nitrogen and oxygen atoms in total. The number of methoxy groups -OCH3 is 1. The van der Waals surface area contributed by atoms with Gasteiger partial charge in [0.05, 0.1) is 12.8 Å². The highest BCUT2D eigenvalue weighted by Gasteiger charge is 2.08. The van der Waals surface area contributed by atoms with Crippen LogP contribution in [0.25, 0.3) is 5.69 Å². The van der Waals surface area contributed by atoms with Crippen LogP contribution in [0.15, 0.2) is 35.3 Å². The molecule has 90 valence electrons. The summed E-state index contributed by atoms with van der Waals surface area (Å²) in [6.45, 7) is 4.01. The smallest absolute Gasteiger partial charge is 0.267 e. The van der Waals surface area contributed by atoms with Gasteiger partial charge in [0, 0.05) is 11.8 Å². The van der Waals surface area contributed by atoms with Crippen LogP contribution in [0, 0.1) is 0 Å². The van der Waals surface area contributed by atoms with Crippen LogP contribution >= 0.6 is 0 Å². The van der Waals surface area contributed by atoms with Gasteiger partial charge in [0.2, 0.25) is 0 Å². The van der Waals surface area contributed by atoms with Gasteiger partial charge in [-0.15, -0.1) is 0 Å². The standard InChI is InChI=1S/C13H16N2O2/c1-9(2)12-8-15(14-13(12)16)10-4-6-11(17-3)7-5-10/h4-9H,1-3H3,(H,14,16). The monoisotopic (exact) mass is 232 g/mol. The molecule has 0 aliphatic heterocycles. The van der Waals surface area contributed by atoms with E-state index in [-0.39, 0.29) is 11.5 Å². The zero-order valence-corrected chi connectivity index (χ0v) is 10.2. The van der Waals surface area contributed by atoms with Gasteiger partial charge in [0.15, 0.2) is 0 Å². The summed E-state index contributed by atoms with van der Waals surface area (Å²) in [4.78, 5) is 11.7. The van der Waals surface area contributed by atoms with Crippen LogP contribution in [0.3, 0.4) is 0 Å². The number of benzene rings is 1. The van der Waals surface area contributed by atoms with Gasteiger partial charge >= 0.3 is 0 Å². The molecule has 0 saturated heterocycles. The van der Waals surface area contributed by atoms with E-state index in [1.807, 2.05) is 44.3 Å². The maximum Gasteiger partial charge on any atom is 0.267 e. The van der Waals surface area contributed by atoms with Crippen molar-refractivity contribution in [1.29, 1.82) is 0 Å². The maximum absolute atomic E-state index is 11.7. The topological polar surface area (TPSA) is 47.0 Å². The van der Waals surface area contributed by atoms with Crippen molar-refractivity contribution >= 4 is 0 Å². The predicted molar refractivity (Wildman–Crippen MR) is 67.0 cm³/mol. The Bertz CT molecular complexity index is 550. The molecule has 0 aliphatic carbocycles. The SMILES string of the molecule is COc1ccc(-n2cc(C(C)C)c(=O)[nH]2)cc1. The Morgan fingerprint density at radius 3 is 2.35 bits per heavy atom. The van der Waals surface area contributed by atoms with Crippen molar-refractivity contribution in [3.8, 4) is 11.4 Å². The highest BCUT2D eigenvalue weighted by atomic mass is 16.5. The molecule has 0 unspecified atom stereocenters. The van der Waals surface area contributed by atoms with Crippen LogP contribution in [0.1, 0.15) is 25.3 Å². The Morgan fingerprint density at radius 2 is 1.88 bits per heavy atom. The Morgan fingerprint density at radius 1 is 1.24 bits per heavy atom. The lowest BCUT2D eigenvalue weighted by molar-refractivity contribution is 0.414. The van der Waals surface area contributed by atoms with Crippen molar-refractivity contribution in [2.24, 2.45) is 0 Å². The summed E-state index contributed by atoms with van der Waals surface area (Å²) >= 11 is 0. The molecule has 4 heteroatoms. The van der Waals surface area contributed by atoms with Crippen LogP contribution < -0.4 is 10.3 Å². The molecule has 1 heterocycles. The molecule has 17 heavy (non-hydrogen) atoms. The summed E-state index contributed by atoms with van der Waals surface area (Å²) in [5, 5.41) is 2.80. The van der Waals surface area contributed by atoms with Gasteiger partial charge in [-0.3, -0.25) is 14.6 Å². The first-order chi connectivity index (χ1) is 8.11. The van der Waals surface area contributed by atoms with Gasteiger partial charge in [-0.2, -0.15) is 0 Å². The molecule has 0 fully saturated rings. The summed E-state index contributed by atoms with van der Waals surface area (Å²) in [7, 11) is 1.63. The van der Waals surface area contributed by atoms with Crippen LogP contribution in [-0.4, -0.2) is 16.9 Å². The molecule has 2 rings (SSSR count). The minimum atomic E-state index is -0.0316. The number of aromatic nitrogens is 2. The minimum Gasteiger partial charge on any atom is -0.497 e. The van der Waals surface area contributed by atoms with Crippen molar-refractivity contribution in [1.82, 2.24) is 9.78 Å². The molecule has 0 amide bonds. The van der Waals surface area contributed by atoms with Gasteiger partial charge in [-0.25, -0.2) is 0 Å². The lowest BCUT2D eigenvalue weighted by Crippen LogP contribution is -2.08. The van der Waals surface area contributed by atoms with Gasteiger partial charge in [0.25, 0.3) is 5.56 Å². The van der Waals surface area contributed by atoms with Gasteiger partial charge in [-0.05, 0) is 30.2 Å². The van der Waals surface area contributed by atoms with Gasteiger partial charge < -0.3 is 4.74 Å². The second-order valence-corrected chi connectivity index (χ2v) is 4.25. The number of nitrogens with zero attached hydrogens (tertiary/aromatic N) is 1. The van der Waals surface area contributed by atoms with E-state index in [2.05, 4.69) is 5.10 Å². The normalized spacial score (nSPS) is 10.8. The quantitative estimate of drug-likeness (QED) is 0.882. The van der Waals surface area contributed by atoms with Gasteiger partial charge in [0.1, 0.15) is 5.75 Å². The van der Waals surface area contributed by atoms with Crippen molar-refractivity contribution in [3.63, 3.8) is 0 Å². The minimum absolute atomic E-state index is 0.0316. The fourth-order valence-corrected chi connectivity index (χ4v) is 1.70. The zero-order chi connectivity index (χ0) is 12.4. The van der Waals surface area contributed by atoms with Crippen molar-refractivity contribution in [2.75, 3.05) is 7.11 Å². The summed E-state index contributed by atoms with van der Waals surface area (Å²) in [6.07, 6.45) is 1.84. The molecule has 1 N–H and O–H groups in total. The molecule has 0 radical (unpaired) electrons. The second-order valence-electron chi connectivity index (χ2n) is 4.25. The molecule has 1 aromatic carbocycles. The Balaban J connectivity index is 2.39. The third kappa shape index (κ3) is 2.25. The van der Waals surface area contributed by atoms with Crippen LogP contribution in [-0.2, 0) is 0 Å². The average Bonchev–Trinajstić information content (AvgIpc) is 2.71. The molecule has 0 bridgehead atoms. The molecule has 2 aromatic rings. The lowest BCUT2D eigenvalue weighted by atomic mass is 10.1. The summed E-state index contributed by atoms with van der Waals surface area (Å²) in [6, 6.07) is 7.53. The van der Waals surface area contributed by atoms with E-state index in [1.54, 1.807) is 11.8 Å². The fraction of sp³-hybridized carbons (Fsp3) is 0.308. The Hall–Kier alpha value is -1.97. The Kier molecular flexibility index (Phi) is 3.04. The first-order valence-corrected chi connectivity index (χ1v) is 5.58. The molecular weight excluding hydrogens is 216 g/mol. The number of ether oxygens (including phenoxy) is 1.